The van der Waals surface area contributed by atoms with Crippen LogP contribution in [0, 0.1) is 0 Å². The van der Waals surface area contributed by atoms with Gasteiger partial charge in [0.15, 0.2) is 11.5 Å². The van der Waals surface area contributed by atoms with Crippen LogP contribution in [0.4, 0.5) is 5.69 Å². The van der Waals surface area contributed by atoms with Crippen LogP contribution in [0.1, 0.15) is 42.1 Å². The number of unbranched alkanes of at least 4 members (excludes halogenated alkanes) is 2. The van der Waals surface area contributed by atoms with Crippen LogP contribution in [0.2, 0.25) is 0 Å². The normalized spacial score (nSPS) is 10.6. The minimum atomic E-state index is -1.01. The maximum absolute atomic E-state index is 12.1. The first-order valence-corrected chi connectivity index (χ1v) is 9.16. The zero-order valence-electron chi connectivity index (χ0n) is 16.1. The summed E-state index contributed by atoms with van der Waals surface area (Å²) in [7, 11) is 1.58. The Balaban J connectivity index is 1.96. The molecule has 0 unspecified atom stereocenters. The lowest BCUT2D eigenvalue weighted by atomic mass is 10.2. The van der Waals surface area contributed by atoms with E-state index in [0.717, 1.165) is 24.8 Å². The van der Waals surface area contributed by atoms with E-state index in [1.807, 2.05) is 12.1 Å². The third kappa shape index (κ3) is 6.46. The summed E-state index contributed by atoms with van der Waals surface area (Å²) in [5, 5.41) is 11.6. The van der Waals surface area contributed by atoms with Gasteiger partial charge in [0.25, 0.3) is 0 Å². The van der Waals surface area contributed by atoms with E-state index in [2.05, 4.69) is 12.2 Å². The lowest BCUT2D eigenvalue weighted by Crippen LogP contribution is -2.08. The summed E-state index contributed by atoms with van der Waals surface area (Å²) in [6.45, 7) is 2.78. The minimum absolute atomic E-state index is 0.164. The topological polar surface area (TPSA) is 84.9 Å². The molecule has 28 heavy (non-hydrogen) atoms. The molecular weight excluding hydrogens is 358 g/mol. The van der Waals surface area contributed by atoms with Gasteiger partial charge in [-0.1, -0.05) is 25.8 Å². The Morgan fingerprint density at radius 1 is 1.07 bits per heavy atom. The number of carboxylic acid groups (broad SMARTS) is 1. The molecule has 2 aromatic carbocycles. The van der Waals surface area contributed by atoms with Gasteiger partial charge in [0.1, 0.15) is 0 Å². The number of hydrogen-bond donors (Lipinski definition) is 2. The highest BCUT2D eigenvalue weighted by Gasteiger charge is 2.06. The van der Waals surface area contributed by atoms with Crippen LogP contribution in [-0.4, -0.2) is 30.7 Å². The van der Waals surface area contributed by atoms with Crippen molar-refractivity contribution in [3.8, 4) is 11.5 Å². The van der Waals surface area contributed by atoms with Crippen molar-refractivity contribution >= 4 is 23.6 Å². The molecule has 0 aliphatic carbocycles. The van der Waals surface area contributed by atoms with Gasteiger partial charge in [0, 0.05) is 11.8 Å². The molecule has 0 fully saturated rings. The fourth-order valence-corrected chi connectivity index (χ4v) is 2.49. The average Bonchev–Trinajstić information content (AvgIpc) is 2.70. The zero-order chi connectivity index (χ0) is 20.4. The van der Waals surface area contributed by atoms with Crippen molar-refractivity contribution in [2.24, 2.45) is 0 Å². The van der Waals surface area contributed by atoms with Gasteiger partial charge in [-0.3, -0.25) is 4.79 Å². The highest BCUT2D eigenvalue weighted by molar-refractivity contribution is 6.02. The van der Waals surface area contributed by atoms with Crippen LogP contribution in [0.25, 0.3) is 6.08 Å². The number of benzene rings is 2. The van der Waals surface area contributed by atoms with E-state index in [0.29, 0.717) is 23.8 Å². The van der Waals surface area contributed by atoms with Crippen molar-refractivity contribution in [3.05, 3.63) is 59.7 Å². The molecule has 0 bridgehead atoms. The lowest BCUT2D eigenvalue weighted by molar-refractivity contribution is -0.111. The standard InChI is InChI=1S/C22H25NO5/c1-3-4-5-14-28-19-12-6-16(15-20(19)27-2)7-13-21(24)23-18-10-8-17(9-11-18)22(25)26/h6-13,15H,3-5,14H2,1-2H3,(H,23,24)(H,25,26)/b13-7+. The number of amides is 1. The zero-order valence-corrected chi connectivity index (χ0v) is 16.1. The molecule has 0 heterocycles. The van der Waals surface area contributed by atoms with Crippen molar-refractivity contribution in [3.63, 3.8) is 0 Å². The van der Waals surface area contributed by atoms with E-state index < -0.39 is 5.97 Å². The number of carbonyl (C=O) groups excluding carboxylic acids is 1. The maximum atomic E-state index is 12.1. The first kappa shape index (κ1) is 21.0. The molecule has 2 N–H and O–H groups in total. The molecule has 0 aromatic heterocycles. The second kappa shape index (κ2) is 10.8. The van der Waals surface area contributed by atoms with Crippen LogP contribution in [0.15, 0.2) is 48.5 Å². The number of carboxylic acids is 1. The Morgan fingerprint density at radius 3 is 2.46 bits per heavy atom. The van der Waals surface area contributed by atoms with Gasteiger partial charge in [-0.05, 0) is 54.5 Å². The molecule has 6 heteroatoms. The van der Waals surface area contributed by atoms with Crippen LogP contribution < -0.4 is 14.8 Å². The highest BCUT2D eigenvalue weighted by Crippen LogP contribution is 2.28. The summed E-state index contributed by atoms with van der Waals surface area (Å²) in [6.07, 6.45) is 6.33. The number of rotatable bonds is 10. The van der Waals surface area contributed by atoms with Crippen molar-refractivity contribution < 1.29 is 24.2 Å². The van der Waals surface area contributed by atoms with E-state index in [-0.39, 0.29) is 11.5 Å². The molecule has 0 atom stereocenters. The molecule has 0 aliphatic heterocycles. The van der Waals surface area contributed by atoms with Crippen LogP contribution >= 0.6 is 0 Å². The Kier molecular flexibility index (Phi) is 8.09. The Hall–Kier alpha value is -3.28. The van der Waals surface area contributed by atoms with Gasteiger partial charge in [0.2, 0.25) is 5.91 Å². The summed E-state index contributed by atoms with van der Waals surface area (Å²) in [5.41, 5.74) is 1.49. The number of anilines is 1. The monoisotopic (exact) mass is 383 g/mol. The molecule has 148 valence electrons. The summed E-state index contributed by atoms with van der Waals surface area (Å²) >= 11 is 0. The lowest BCUT2D eigenvalue weighted by Gasteiger charge is -2.11. The first-order chi connectivity index (χ1) is 13.5. The minimum Gasteiger partial charge on any atom is -0.493 e. The van der Waals surface area contributed by atoms with Gasteiger partial charge in [0.05, 0.1) is 19.3 Å². The number of nitrogens with one attached hydrogen (secondary N) is 1. The number of carbonyl (C=O) groups is 2. The number of ether oxygens (including phenoxy) is 2. The van der Waals surface area contributed by atoms with E-state index in [1.54, 1.807) is 31.4 Å². The van der Waals surface area contributed by atoms with Gasteiger partial charge in [-0.15, -0.1) is 0 Å². The molecule has 0 saturated carbocycles. The Labute approximate surface area is 164 Å². The number of aromatic carboxylic acids is 1. The summed E-state index contributed by atoms with van der Waals surface area (Å²) in [4.78, 5) is 22.9. The highest BCUT2D eigenvalue weighted by atomic mass is 16.5. The Bertz CT molecular complexity index is 827. The predicted octanol–water partition coefficient (Wildman–Crippen LogP) is 4.61. The SMILES string of the molecule is CCCCCOc1ccc(/C=C/C(=O)Nc2ccc(C(=O)O)cc2)cc1OC. The third-order valence-corrected chi connectivity index (χ3v) is 4.02. The molecule has 6 nitrogen and oxygen atoms in total. The molecule has 0 radical (unpaired) electrons. The van der Waals surface area contributed by atoms with Gasteiger partial charge in [-0.25, -0.2) is 4.79 Å². The van der Waals surface area contributed by atoms with Crippen LogP contribution in [0.5, 0.6) is 11.5 Å². The number of hydrogen-bond acceptors (Lipinski definition) is 4. The first-order valence-electron chi connectivity index (χ1n) is 9.16. The van der Waals surface area contributed by atoms with Gasteiger partial charge < -0.3 is 19.9 Å². The molecule has 2 rings (SSSR count). The molecule has 1 amide bonds. The van der Waals surface area contributed by atoms with Crippen LogP contribution in [0.3, 0.4) is 0 Å². The fourth-order valence-electron chi connectivity index (χ4n) is 2.49. The van der Waals surface area contributed by atoms with Crippen molar-refractivity contribution in [2.45, 2.75) is 26.2 Å². The maximum Gasteiger partial charge on any atom is 0.335 e. The molecule has 0 spiro atoms. The molecule has 0 aliphatic rings. The van der Waals surface area contributed by atoms with Gasteiger partial charge in [-0.2, -0.15) is 0 Å². The largest absolute Gasteiger partial charge is 0.493 e. The summed E-state index contributed by atoms with van der Waals surface area (Å²) in [5.74, 6) is -0.0338. The van der Waals surface area contributed by atoms with Crippen molar-refractivity contribution in [2.75, 3.05) is 19.0 Å². The van der Waals surface area contributed by atoms with Crippen molar-refractivity contribution in [1.82, 2.24) is 0 Å². The van der Waals surface area contributed by atoms with Gasteiger partial charge >= 0.3 is 5.97 Å². The quantitative estimate of drug-likeness (QED) is 0.462. The second-order valence-electron chi connectivity index (χ2n) is 6.17. The fraction of sp³-hybridized carbons (Fsp3) is 0.273. The van der Waals surface area contributed by atoms with Crippen LogP contribution in [-0.2, 0) is 4.79 Å². The Morgan fingerprint density at radius 2 is 1.82 bits per heavy atom. The average molecular weight is 383 g/mol. The van der Waals surface area contributed by atoms with E-state index in [4.69, 9.17) is 14.6 Å². The molecular formula is C22H25NO5. The predicted molar refractivity (Wildman–Crippen MR) is 109 cm³/mol. The smallest absolute Gasteiger partial charge is 0.335 e. The molecule has 2 aromatic rings. The second-order valence-corrected chi connectivity index (χ2v) is 6.17. The van der Waals surface area contributed by atoms with E-state index in [1.165, 1.54) is 18.2 Å². The molecule has 0 saturated heterocycles. The third-order valence-electron chi connectivity index (χ3n) is 4.02. The summed E-state index contributed by atoms with van der Waals surface area (Å²) < 4.78 is 11.1. The summed E-state index contributed by atoms with van der Waals surface area (Å²) in [6, 6.07) is 11.4. The van der Waals surface area contributed by atoms with Crippen molar-refractivity contribution in [1.29, 1.82) is 0 Å². The van der Waals surface area contributed by atoms with E-state index >= 15 is 0 Å². The number of methoxy groups -OCH3 is 1. The van der Waals surface area contributed by atoms with E-state index in [9.17, 15) is 9.59 Å².